The Morgan fingerprint density at radius 2 is 1.80 bits per heavy atom. The zero-order valence-electron chi connectivity index (χ0n) is 24.9. The lowest BCUT2D eigenvalue weighted by molar-refractivity contribution is 0.0659. The zero-order chi connectivity index (χ0) is 28.4. The predicted molar refractivity (Wildman–Crippen MR) is 164 cm³/mol. The Bertz CT molecular complexity index is 1600. The molecule has 1 saturated heterocycles. The van der Waals surface area contributed by atoms with Gasteiger partial charge in [-0.25, -0.2) is 0 Å². The van der Waals surface area contributed by atoms with E-state index in [4.69, 9.17) is 14.9 Å². The highest BCUT2D eigenvalue weighted by Crippen LogP contribution is 2.41. The summed E-state index contributed by atoms with van der Waals surface area (Å²) >= 11 is 0. The first-order valence-electron chi connectivity index (χ1n) is 15.6. The van der Waals surface area contributed by atoms with Crippen molar-refractivity contribution in [2.45, 2.75) is 89.9 Å². The van der Waals surface area contributed by atoms with Gasteiger partial charge in [-0.15, -0.1) is 0 Å². The van der Waals surface area contributed by atoms with Crippen LogP contribution in [0.15, 0.2) is 46.9 Å². The lowest BCUT2D eigenvalue weighted by Gasteiger charge is -2.28. The fourth-order valence-corrected chi connectivity index (χ4v) is 7.42. The van der Waals surface area contributed by atoms with Crippen LogP contribution in [-0.2, 0) is 11.3 Å². The Kier molecular flexibility index (Phi) is 6.74. The lowest BCUT2D eigenvalue weighted by atomic mass is 9.82. The van der Waals surface area contributed by atoms with E-state index >= 15 is 0 Å². The summed E-state index contributed by atoms with van der Waals surface area (Å²) in [5, 5.41) is 2.33. The second-order valence-electron chi connectivity index (χ2n) is 13.1. The normalized spacial score (nSPS) is 26.9. The third kappa shape index (κ3) is 4.69. The number of methoxy groups -OCH3 is 1. The number of fused-ring (bicyclic) bond motifs is 2. The van der Waals surface area contributed by atoms with Gasteiger partial charge >= 0.3 is 0 Å². The molecule has 2 unspecified atom stereocenters. The van der Waals surface area contributed by atoms with Crippen molar-refractivity contribution in [2.75, 3.05) is 13.7 Å². The van der Waals surface area contributed by atoms with Gasteiger partial charge in [0.1, 0.15) is 5.58 Å². The number of amides is 1. The van der Waals surface area contributed by atoms with E-state index in [0.717, 1.165) is 53.3 Å². The van der Waals surface area contributed by atoms with Crippen molar-refractivity contribution in [3.8, 4) is 11.5 Å². The lowest BCUT2D eigenvalue weighted by Crippen LogP contribution is -2.40. The third-order valence-electron chi connectivity index (χ3n) is 10.4. The van der Waals surface area contributed by atoms with Gasteiger partial charge in [-0.1, -0.05) is 25.1 Å². The molecule has 216 valence electrons. The molecule has 2 aromatic heterocycles. The highest BCUT2D eigenvalue weighted by atomic mass is 16.5. The molecule has 2 saturated carbocycles. The molecule has 1 aliphatic heterocycles. The van der Waals surface area contributed by atoms with E-state index in [1.54, 1.807) is 0 Å². The number of hydrogen-bond donors (Lipinski definition) is 1. The van der Waals surface area contributed by atoms with Crippen LogP contribution < -0.4 is 5.73 Å². The number of nitrogens with two attached hydrogens (primary N) is 1. The first-order valence-corrected chi connectivity index (χ1v) is 15.6. The molecule has 3 fully saturated rings. The number of ether oxygens (including phenoxy) is 1. The number of aryl methyl sites for hydroxylation is 1. The van der Waals surface area contributed by atoms with E-state index in [0.29, 0.717) is 30.0 Å². The smallest absolute Gasteiger partial charge is 0.254 e. The van der Waals surface area contributed by atoms with E-state index in [-0.39, 0.29) is 18.0 Å². The standard InChI is InChI=1S/C35H43N3O3/c1-20-18-37(22(3)33(20)36)35(39)27-11-14-29-21(2)34(41-32(29)17-27)31-16-26-8-7-25(24-9-12-28(40-4)13-10-24)15-30(26)38(31)19-23-5-6-23/h7-8,11,14-17,20,22-24,28,33H,5-6,9-10,12-13,18-19,36H2,1-4H3/t20?,22?,24?,28?,33-/m1/s1. The molecule has 2 aromatic carbocycles. The van der Waals surface area contributed by atoms with Crippen molar-refractivity contribution in [1.29, 1.82) is 0 Å². The van der Waals surface area contributed by atoms with Crippen molar-refractivity contribution in [1.82, 2.24) is 9.47 Å². The topological polar surface area (TPSA) is 73.6 Å². The molecule has 0 spiro atoms. The summed E-state index contributed by atoms with van der Waals surface area (Å²) in [4.78, 5) is 15.4. The van der Waals surface area contributed by atoms with Gasteiger partial charge in [0.2, 0.25) is 0 Å². The summed E-state index contributed by atoms with van der Waals surface area (Å²) in [6.45, 7) is 8.03. The van der Waals surface area contributed by atoms with E-state index in [1.165, 1.54) is 42.1 Å². The maximum absolute atomic E-state index is 13.5. The van der Waals surface area contributed by atoms with Crippen molar-refractivity contribution in [3.63, 3.8) is 0 Å². The Hall–Kier alpha value is -3.09. The van der Waals surface area contributed by atoms with Gasteiger partial charge in [0, 0.05) is 59.7 Å². The molecule has 41 heavy (non-hydrogen) atoms. The maximum atomic E-state index is 13.5. The Morgan fingerprint density at radius 1 is 1.02 bits per heavy atom. The molecule has 6 nitrogen and oxygen atoms in total. The fraction of sp³-hybridized carbons (Fsp3) is 0.514. The number of rotatable bonds is 6. The minimum absolute atomic E-state index is 0.00873. The van der Waals surface area contributed by atoms with Gasteiger partial charge < -0.3 is 24.4 Å². The Morgan fingerprint density at radius 3 is 2.49 bits per heavy atom. The van der Waals surface area contributed by atoms with Gasteiger partial charge in [-0.2, -0.15) is 0 Å². The molecule has 0 radical (unpaired) electrons. The van der Waals surface area contributed by atoms with Gasteiger partial charge in [0.25, 0.3) is 5.91 Å². The number of nitrogens with zero attached hydrogens (tertiary/aromatic N) is 2. The summed E-state index contributed by atoms with van der Waals surface area (Å²) in [7, 11) is 1.84. The SMILES string of the molecule is COC1CCC(c2ccc3cc(-c4oc5cc(C(=O)N6CC(C)[C@@H](N)C6C)ccc5c4C)n(CC4CC4)c3c2)CC1. The molecular formula is C35H43N3O3. The first-order chi connectivity index (χ1) is 19.8. The molecule has 3 atom stereocenters. The monoisotopic (exact) mass is 553 g/mol. The van der Waals surface area contributed by atoms with Crippen LogP contribution in [-0.4, -0.2) is 47.2 Å². The average Bonchev–Trinajstić information content (AvgIpc) is 3.60. The van der Waals surface area contributed by atoms with Crippen molar-refractivity contribution >= 4 is 27.8 Å². The van der Waals surface area contributed by atoms with Crippen LogP contribution in [0.5, 0.6) is 0 Å². The quantitative estimate of drug-likeness (QED) is 0.273. The first kappa shape index (κ1) is 26.8. The van der Waals surface area contributed by atoms with Gasteiger partial charge in [0.05, 0.1) is 11.8 Å². The van der Waals surface area contributed by atoms with E-state index in [2.05, 4.69) is 55.7 Å². The second-order valence-corrected chi connectivity index (χ2v) is 13.1. The van der Waals surface area contributed by atoms with Crippen LogP contribution in [0.25, 0.3) is 33.3 Å². The molecule has 4 aromatic rings. The minimum atomic E-state index is 0.00873. The fourth-order valence-electron chi connectivity index (χ4n) is 7.42. The average molecular weight is 554 g/mol. The minimum Gasteiger partial charge on any atom is -0.454 e. The predicted octanol–water partition coefficient (Wildman–Crippen LogP) is 7.25. The molecule has 7 rings (SSSR count). The highest BCUT2D eigenvalue weighted by Gasteiger charge is 2.37. The number of likely N-dealkylation sites (tertiary alicyclic amines) is 1. The van der Waals surface area contributed by atoms with Gasteiger partial charge in [0.15, 0.2) is 5.76 Å². The van der Waals surface area contributed by atoms with Crippen molar-refractivity contribution in [3.05, 3.63) is 59.2 Å². The van der Waals surface area contributed by atoms with Gasteiger partial charge in [-0.3, -0.25) is 4.79 Å². The molecule has 2 N–H and O–H groups in total. The van der Waals surface area contributed by atoms with E-state index in [1.807, 2.05) is 24.1 Å². The summed E-state index contributed by atoms with van der Waals surface area (Å²) in [5.41, 5.74) is 12.8. The number of benzene rings is 2. The van der Waals surface area contributed by atoms with Gasteiger partial charge in [-0.05, 0) is 100.0 Å². The van der Waals surface area contributed by atoms with E-state index < -0.39 is 0 Å². The molecule has 3 heterocycles. The summed E-state index contributed by atoms with van der Waals surface area (Å²) < 4.78 is 14.7. The Labute approximate surface area is 242 Å². The number of hydrogen-bond acceptors (Lipinski definition) is 4. The molecule has 2 aliphatic carbocycles. The maximum Gasteiger partial charge on any atom is 0.254 e. The molecule has 1 amide bonds. The molecule has 3 aliphatic rings. The summed E-state index contributed by atoms with van der Waals surface area (Å²) in [6, 6.07) is 15.3. The van der Waals surface area contributed by atoms with Crippen LogP contribution in [0.4, 0.5) is 0 Å². The van der Waals surface area contributed by atoms with Crippen LogP contribution in [0, 0.1) is 18.8 Å². The molecular weight excluding hydrogens is 510 g/mol. The van der Waals surface area contributed by atoms with Crippen molar-refractivity contribution < 1.29 is 13.9 Å². The zero-order valence-corrected chi connectivity index (χ0v) is 24.9. The summed E-state index contributed by atoms with van der Waals surface area (Å²) in [5.74, 6) is 2.57. The highest BCUT2D eigenvalue weighted by molar-refractivity contribution is 6.00. The van der Waals surface area contributed by atoms with Crippen LogP contribution in [0.2, 0.25) is 0 Å². The van der Waals surface area contributed by atoms with Crippen LogP contribution >= 0.6 is 0 Å². The number of carbonyl (C=O) groups excluding carboxylic acids is 1. The van der Waals surface area contributed by atoms with Crippen LogP contribution in [0.1, 0.15) is 79.8 Å². The number of aromatic nitrogens is 1. The molecule has 6 heteroatoms. The van der Waals surface area contributed by atoms with Crippen molar-refractivity contribution in [2.24, 2.45) is 17.6 Å². The second kappa shape index (κ2) is 10.3. The molecule has 0 bridgehead atoms. The number of furan rings is 1. The van der Waals surface area contributed by atoms with Crippen LogP contribution in [0.3, 0.4) is 0 Å². The summed E-state index contributed by atoms with van der Waals surface area (Å²) in [6.07, 6.45) is 7.64. The largest absolute Gasteiger partial charge is 0.454 e. The van der Waals surface area contributed by atoms with E-state index in [9.17, 15) is 4.79 Å². The number of carbonyl (C=O) groups is 1. The Balaban J connectivity index is 1.25. The third-order valence-corrected chi connectivity index (χ3v) is 10.4.